The average Bonchev–Trinajstić information content (AvgIpc) is 3.11. The molecule has 0 spiro atoms. The molecular weight excluding hydrogens is 838 g/mol. The molecule has 0 radical (unpaired) electrons. The van der Waals surface area contributed by atoms with Crippen LogP contribution in [0.1, 0.15) is 18.1 Å². The Morgan fingerprint density at radius 2 is 0.672 bits per heavy atom. The fourth-order valence-electron chi connectivity index (χ4n) is 6.48. The molecule has 4 unspecified atom stereocenters. The van der Waals surface area contributed by atoms with Gasteiger partial charge in [0, 0.05) is 0 Å². The van der Waals surface area contributed by atoms with Gasteiger partial charge < -0.3 is 19.3 Å². The predicted molar refractivity (Wildman–Crippen MR) is 162 cm³/mol. The minimum atomic E-state index is -6.19. The van der Waals surface area contributed by atoms with Crippen molar-refractivity contribution in [3.05, 3.63) is 108 Å². The second kappa shape index (κ2) is 12.4. The van der Waals surface area contributed by atoms with Crippen LogP contribution < -0.4 is 14.2 Å². The molecular formula is C36H20F18O4. The summed E-state index contributed by atoms with van der Waals surface area (Å²) in [5, 5.41) is 9.40. The molecule has 22 heteroatoms. The highest BCUT2D eigenvalue weighted by molar-refractivity contribution is 5.65. The summed E-state index contributed by atoms with van der Waals surface area (Å²) in [7, 11) is 0. The lowest BCUT2D eigenvalue weighted by Gasteiger charge is -2.55. The van der Waals surface area contributed by atoms with Crippen LogP contribution in [0.2, 0.25) is 0 Å². The van der Waals surface area contributed by atoms with Crippen LogP contribution in [0, 0.1) is 0 Å². The third kappa shape index (κ3) is 5.20. The van der Waals surface area contributed by atoms with Gasteiger partial charge in [-0.1, -0.05) is 48.5 Å². The summed E-state index contributed by atoms with van der Waals surface area (Å²) in [5.41, 5.74) is -12.5. The quantitative estimate of drug-likeness (QED) is 0.170. The first-order valence-corrected chi connectivity index (χ1v) is 15.9. The van der Waals surface area contributed by atoms with Crippen LogP contribution in [-0.4, -0.2) is 64.4 Å². The van der Waals surface area contributed by atoms with E-state index in [0.29, 0.717) is 24.3 Å². The number of benzene rings is 4. The van der Waals surface area contributed by atoms with E-state index in [9.17, 15) is 75.4 Å². The maximum Gasteiger partial charge on any atom is 0.411 e. The molecule has 314 valence electrons. The van der Waals surface area contributed by atoms with E-state index < -0.39 is 98.8 Å². The van der Waals surface area contributed by atoms with E-state index in [4.69, 9.17) is 0 Å². The molecule has 4 aromatic rings. The first-order chi connectivity index (χ1) is 26.3. The summed E-state index contributed by atoms with van der Waals surface area (Å²) < 4.78 is 272. The fraction of sp³-hybridized carbons (Fsp3) is 0.333. The summed E-state index contributed by atoms with van der Waals surface area (Å²) in [6.45, 7) is -0.145. The van der Waals surface area contributed by atoms with E-state index in [2.05, 4.69) is 14.2 Å². The third-order valence-corrected chi connectivity index (χ3v) is 9.86. The van der Waals surface area contributed by atoms with E-state index in [0.717, 1.165) is 36.4 Å². The van der Waals surface area contributed by atoms with Crippen molar-refractivity contribution in [1.29, 1.82) is 0 Å². The average molecular weight is 859 g/mol. The van der Waals surface area contributed by atoms with E-state index >= 15 is 8.78 Å². The van der Waals surface area contributed by atoms with E-state index in [1.54, 1.807) is 0 Å². The smallest absolute Gasteiger partial charge is 0.411 e. The van der Waals surface area contributed by atoms with Crippen molar-refractivity contribution in [3.8, 4) is 34.1 Å². The predicted octanol–water partition coefficient (Wildman–Crippen LogP) is 11.6. The number of hydrogen-bond acceptors (Lipinski definition) is 4. The monoisotopic (exact) mass is 858 g/mol. The summed E-state index contributed by atoms with van der Waals surface area (Å²) >= 11 is 0. The van der Waals surface area contributed by atoms with Gasteiger partial charge in [0.1, 0.15) is 23.0 Å². The number of rotatable bonds is 9. The second-order valence-electron chi connectivity index (χ2n) is 13.3. The molecule has 4 atom stereocenters. The Morgan fingerprint density at radius 1 is 0.397 bits per heavy atom. The maximum atomic E-state index is 15.8. The highest BCUT2D eigenvalue weighted by atomic mass is 19.4. The maximum absolute atomic E-state index is 15.8. The van der Waals surface area contributed by atoms with Crippen molar-refractivity contribution in [2.24, 2.45) is 0 Å². The van der Waals surface area contributed by atoms with Crippen molar-refractivity contribution >= 4 is 0 Å². The van der Waals surface area contributed by atoms with Gasteiger partial charge >= 0.3 is 53.6 Å². The van der Waals surface area contributed by atoms with Crippen LogP contribution in [0.3, 0.4) is 0 Å². The number of aromatic hydroxyl groups is 1. The molecule has 2 aliphatic carbocycles. The van der Waals surface area contributed by atoms with E-state index in [-0.39, 0.29) is 54.4 Å². The first-order valence-electron chi connectivity index (χ1n) is 15.9. The minimum Gasteiger partial charge on any atom is -0.508 e. The third-order valence-electron chi connectivity index (χ3n) is 9.86. The molecule has 0 aliphatic heterocycles. The van der Waals surface area contributed by atoms with Crippen molar-refractivity contribution in [1.82, 2.24) is 0 Å². The summed E-state index contributed by atoms with van der Waals surface area (Å²) in [6.07, 6.45) is -12.4. The molecule has 0 amide bonds. The lowest BCUT2D eigenvalue weighted by molar-refractivity contribution is -0.527. The molecule has 2 saturated carbocycles. The van der Waals surface area contributed by atoms with Crippen molar-refractivity contribution in [2.75, 3.05) is 0 Å². The molecule has 1 N–H and O–H groups in total. The lowest BCUT2D eigenvalue weighted by atomic mass is 9.69. The van der Waals surface area contributed by atoms with Crippen LogP contribution in [0.15, 0.2) is 97.1 Å². The van der Waals surface area contributed by atoms with Gasteiger partial charge in [0.05, 0.1) is 0 Å². The molecule has 2 aliphatic rings. The van der Waals surface area contributed by atoms with Gasteiger partial charge in [-0.05, 0) is 77.7 Å². The normalized spacial score (nSPS) is 28.5. The Morgan fingerprint density at radius 3 is 0.983 bits per heavy atom. The van der Waals surface area contributed by atoms with Crippen LogP contribution in [0.4, 0.5) is 79.0 Å². The minimum absolute atomic E-state index is 0.00748. The van der Waals surface area contributed by atoms with Crippen LogP contribution in [-0.2, 0) is 5.41 Å². The lowest BCUT2D eigenvalue weighted by Crippen LogP contribution is -2.89. The summed E-state index contributed by atoms with van der Waals surface area (Å²) in [4.78, 5) is 0. The molecule has 4 nitrogen and oxygen atoms in total. The zero-order valence-corrected chi connectivity index (χ0v) is 28.2. The van der Waals surface area contributed by atoms with Crippen molar-refractivity contribution < 1.29 is 98.3 Å². The van der Waals surface area contributed by atoms with Gasteiger partial charge in [0.15, 0.2) is 0 Å². The molecule has 2 fully saturated rings. The summed E-state index contributed by atoms with van der Waals surface area (Å²) in [6, 6.07) is 7.93. The van der Waals surface area contributed by atoms with Crippen molar-refractivity contribution in [2.45, 2.75) is 71.6 Å². The van der Waals surface area contributed by atoms with Gasteiger partial charge in [0.2, 0.25) is 5.41 Å². The van der Waals surface area contributed by atoms with E-state index in [1.165, 1.54) is 0 Å². The number of halogens is 18. The fourth-order valence-corrected chi connectivity index (χ4v) is 6.48. The van der Waals surface area contributed by atoms with E-state index in [1.807, 2.05) is 0 Å². The van der Waals surface area contributed by atoms with Gasteiger partial charge in [-0.25, -0.2) is 4.39 Å². The van der Waals surface area contributed by atoms with Crippen LogP contribution in [0.5, 0.6) is 23.0 Å². The number of ether oxygens (including phenoxy) is 3. The van der Waals surface area contributed by atoms with Crippen LogP contribution in [0.25, 0.3) is 11.1 Å². The standard InChI is InChI=1S/C36H20F18O4/c1-26(37)28(38,39)29(40,41)32(26,46)56-23-12-2-18(3-13-23)19-4-14-24(15-5-19)57-33(47)30(42,43)31(44,45)34(33,48)58-25-16-8-21(9-17-25)27(35(49,50)51,36(52,53)54)20-6-10-22(55)11-7-20/h2-17,55H,1H3. The molecule has 0 saturated heterocycles. The topological polar surface area (TPSA) is 47.9 Å². The van der Waals surface area contributed by atoms with Gasteiger partial charge in [-0.3, -0.25) is 0 Å². The number of alkyl halides is 18. The summed E-state index contributed by atoms with van der Waals surface area (Å²) in [5.74, 6) is -43.1. The molecule has 6 rings (SSSR count). The van der Waals surface area contributed by atoms with Gasteiger partial charge in [-0.2, -0.15) is 74.6 Å². The molecule has 58 heavy (non-hydrogen) atoms. The highest BCUT2D eigenvalue weighted by Crippen LogP contribution is 2.69. The Hall–Kier alpha value is -5.18. The number of phenolic OH excluding ortho intramolecular Hbond substituents is 1. The number of phenols is 1. The van der Waals surface area contributed by atoms with Gasteiger partial charge in [-0.15, -0.1) is 0 Å². The zero-order valence-electron chi connectivity index (χ0n) is 28.2. The Balaban J connectivity index is 1.24. The Kier molecular flexibility index (Phi) is 9.08. The number of hydrogen-bond donors (Lipinski definition) is 1. The molecule has 4 aromatic carbocycles. The van der Waals surface area contributed by atoms with Crippen LogP contribution >= 0.6 is 0 Å². The highest BCUT2D eigenvalue weighted by Gasteiger charge is 3.03. The second-order valence-corrected chi connectivity index (χ2v) is 13.3. The van der Waals surface area contributed by atoms with Gasteiger partial charge in [0.25, 0.3) is 5.67 Å². The first kappa shape index (κ1) is 42.4. The zero-order chi connectivity index (χ0) is 43.6. The van der Waals surface area contributed by atoms with Crippen molar-refractivity contribution in [3.63, 3.8) is 0 Å². The molecule has 0 heterocycles. The Labute approximate surface area is 312 Å². The molecule has 0 bridgehead atoms. The largest absolute Gasteiger partial charge is 0.508 e. The SMILES string of the molecule is CC1(F)C(F)(F)C(F)(F)C1(F)Oc1ccc(-c2ccc(OC3(F)C(F)(F)C(F)(F)C3(F)Oc3ccc(C(c4ccc(O)cc4)(C(F)(F)F)C(F)(F)F)cc3)cc2)cc1. The Bertz CT molecular complexity index is 2140. The molecule has 0 aromatic heterocycles.